The molecule has 0 saturated carbocycles. The van der Waals surface area contributed by atoms with Gasteiger partial charge in [0.2, 0.25) is 5.91 Å². The van der Waals surface area contributed by atoms with Crippen LogP contribution in [0.3, 0.4) is 0 Å². The number of rotatable bonds is 4. The second-order valence-electron chi connectivity index (χ2n) is 5.33. The average molecular weight is 363 g/mol. The van der Waals surface area contributed by atoms with E-state index in [1.807, 2.05) is 16.7 Å². The molecule has 0 unspecified atom stereocenters. The number of thioether (sulfide) groups is 1. The molecule has 1 N–H and O–H groups in total. The van der Waals surface area contributed by atoms with Gasteiger partial charge in [0.25, 0.3) is 0 Å². The minimum absolute atomic E-state index is 0.0927. The van der Waals surface area contributed by atoms with Crippen LogP contribution in [-0.2, 0) is 23.4 Å². The van der Waals surface area contributed by atoms with Crippen LogP contribution in [0.4, 0.5) is 5.13 Å². The molecule has 118 valence electrons. The number of amides is 1. The number of anilines is 1. The normalized spacial score (nSPS) is 13.4. The van der Waals surface area contributed by atoms with E-state index < -0.39 is 0 Å². The third-order valence-electron chi connectivity index (χ3n) is 3.66. The van der Waals surface area contributed by atoms with E-state index in [2.05, 4.69) is 20.3 Å². The number of hydrogen-bond acceptors (Lipinski definition) is 7. The van der Waals surface area contributed by atoms with Crippen LogP contribution in [0.25, 0.3) is 10.2 Å². The first-order chi connectivity index (χ1) is 11.2. The van der Waals surface area contributed by atoms with Gasteiger partial charge in [-0.05, 0) is 24.8 Å². The van der Waals surface area contributed by atoms with E-state index in [9.17, 15) is 4.79 Å². The molecular weight excluding hydrogens is 348 g/mol. The molecule has 3 aromatic heterocycles. The van der Waals surface area contributed by atoms with E-state index in [1.165, 1.54) is 46.9 Å². The van der Waals surface area contributed by atoms with Gasteiger partial charge in [0.1, 0.15) is 16.2 Å². The fourth-order valence-corrected chi connectivity index (χ4v) is 5.81. The molecule has 1 amide bonds. The van der Waals surface area contributed by atoms with Gasteiger partial charge in [-0.25, -0.2) is 15.0 Å². The molecule has 1 aliphatic carbocycles. The van der Waals surface area contributed by atoms with Gasteiger partial charge < -0.3 is 5.32 Å². The third kappa shape index (κ3) is 2.98. The number of hydrogen-bond donors (Lipinski definition) is 1. The molecule has 0 fully saturated rings. The predicted octanol–water partition coefficient (Wildman–Crippen LogP) is 3.89. The molecule has 0 saturated heterocycles. The van der Waals surface area contributed by atoms with Gasteiger partial charge in [-0.1, -0.05) is 11.8 Å². The highest BCUT2D eigenvalue weighted by molar-refractivity contribution is 7.98. The Hall–Kier alpha value is -1.51. The summed E-state index contributed by atoms with van der Waals surface area (Å²) in [4.78, 5) is 27.0. The first kappa shape index (κ1) is 15.0. The van der Waals surface area contributed by atoms with Gasteiger partial charge in [-0.15, -0.1) is 22.7 Å². The average Bonchev–Trinajstić information content (AvgIpc) is 3.19. The Morgan fingerprint density at radius 1 is 1.39 bits per heavy atom. The fourth-order valence-electron chi connectivity index (χ4n) is 2.73. The third-order valence-corrected chi connectivity index (χ3v) is 6.69. The highest BCUT2D eigenvalue weighted by Gasteiger charge is 2.21. The Kier molecular flexibility index (Phi) is 4.04. The molecule has 23 heavy (non-hydrogen) atoms. The zero-order chi connectivity index (χ0) is 15.8. The van der Waals surface area contributed by atoms with Gasteiger partial charge in [-0.3, -0.25) is 4.79 Å². The van der Waals surface area contributed by atoms with E-state index >= 15 is 0 Å². The number of thiazole rings is 1. The molecule has 4 rings (SSSR count). The molecule has 8 heteroatoms. The Bertz CT molecular complexity index is 886. The lowest BCUT2D eigenvalue weighted by molar-refractivity contribution is -0.114. The number of carbonyl (C=O) groups is 1. The van der Waals surface area contributed by atoms with Crippen LogP contribution in [0.15, 0.2) is 16.7 Å². The van der Waals surface area contributed by atoms with Crippen molar-refractivity contribution in [2.24, 2.45) is 0 Å². The predicted molar refractivity (Wildman–Crippen MR) is 95.4 cm³/mol. The van der Waals surface area contributed by atoms with E-state index in [1.54, 1.807) is 18.1 Å². The quantitative estimate of drug-likeness (QED) is 0.563. The van der Waals surface area contributed by atoms with Crippen molar-refractivity contribution in [3.8, 4) is 0 Å². The van der Waals surface area contributed by atoms with Crippen LogP contribution in [0.1, 0.15) is 29.5 Å². The van der Waals surface area contributed by atoms with Gasteiger partial charge in [0, 0.05) is 28.3 Å². The van der Waals surface area contributed by atoms with Crippen molar-refractivity contribution in [1.29, 1.82) is 0 Å². The largest absolute Gasteiger partial charge is 0.302 e. The molecule has 0 aromatic carbocycles. The second kappa shape index (κ2) is 6.18. The first-order valence-electron chi connectivity index (χ1n) is 7.31. The first-order valence-corrected chi connectivity index (χ1v) is 9.99. The van der Waals surface area contributed by atoms with Gasteiger partial charge in [-0.2, -0.15) is 0 Å². The molecule has 5 nitrogen and oxygen atoms in total. The van der Waals surface area contributed by atoms with Gasteiger partial charge in [0.15, 0.2) is 5.13 Å². The van der Waals surface area contributed by atoms with E-state index in [-0.39, 0.29) is 5.91 Å². The minimum Gasteiger partial charge on any atom is -0.302 e. The number of nitrogens with one attached hydrogen (secondary N) is 1. The van der Waals surface area contributed by atoms with Gasteiger partial charge in [0.05, 0.1) is 5.69 Å². The molecule has 0 aliphatic heterocycles. The summed E-state index contributed by atoms with van der Waals surface area (Å²) in [5.41, 5.74) is 2.41. The summed E-state index contributed by atoms with van der Waals surface area (Å²) in [5.74, 6) is 0.650. The monoisotopic (exact) mass is 362 g/mol. The second-order valence-corrected chi connectivity index (χ2v) is 8.24. The van der Waals surface area contributed by atoms with Crippen LogP contribution in [-0.4, -0.2) is 20.9 Å². The maximum atomic E-state index is 11.1. The Balaban J connectivity index is 1.56. The molecular formula is C15H14N4OS3. The minimum atomic E-state index is -0.0927. The summed E-state index contributed by atoms with van der Waals surface area (Å²) in [5, 5.41) is 7.64. The van der Waals surface area contributed by atoms with Crippen molar-refractivity contribution in [2.75, 3.05) is 5.32 Å². The summed E-state index contributed by atoms with van der Waals surface area (Å²) >= 11 is 4.95. The SMILES string of the molecule is CC(=O)Nc1nc(CSc2ncnc3sc4c(c23)CCC4)cs1. The van der Waals surface area contributed by atoms with E-state index in [0.717, 1.165) is 27.7 Å². The van der Waals surface area contributed by atoms with E-state index in [0.29, 0.717) is 5.13 Å². The van der Waals surface area contributed by atoms with Crippen molar-refractivity contribution in [1.82, 2.24) is 15.0 Å². The van der Waals surface area contributed by atoms with Crippen molar-refractivity contribution in [2.45, 2.75) is 37.0 Å². The molecule has 0 radical (unpaired) electrons. The topological polar surface area (TPSA) is 67.8 Å². The van der Waals surface area contributed by atoms with Gasteiger partial charge >= 0.3 is 0 Å². The number of aromatic nitrogens is 3. The lowest BCUT2D eigenvalue weighted by Gasteiger charge is -2.02. The molecule has 1 aliphatic rings. The van der Waals surface area contributed by atoms with Crippen LogP contribution in [0.2, 0.25) is 0 Å². The summed E-state index contributed by atoms with van der Waals surface area (Å²) in [6, 6.07) is 0. The molecule has 0 bridgehead atoms. The highest BCUT2D eigenvalue weighted by atomic mass is 32.2. The maximum Gasteiger partial charge on any atom is 0.223 e. The number of fused-ring (bicyclic) bond motifs is 3. The Morgan fingerprint density at radius 3 is 3.17 bits per heavy atom. The number of aryl methyl sites for hydroxylation is 2. The van der Waals surface area contributed by atoms with Crippen molar-refractivity contribution >= 4 is 55.7 Å². The lowest BCUT2D eigenvalue weighted by Crippen LogP contribution is -2.05. The zero-order valence-electron chi connectivity index (χ0n) is 12.5. The summed E-state index contributed by atoms with van der Waals surface area (Å²) < 4.78 is 0. The van der Waals surface area contributed by atoms with Crippen LogP contribution < -0.4 is 5.32 Å². The van der Waals surface area contributed by atoms with Crippen molar-refractivity contribution in [3.05, 3.63) is 27.8 Å². The number of nitrogens with zero attached hydrogens (tertiary/aromatic N) is 3. The highest BCUT2D eigenvalue weighted by Crippen LogP contribution is 2.40. The molecule has 3 aromatic rings. The van der Waals surface area contributed by atoms with E-state index in [4.69, 9.17) is 0 Å². The molecule has 0 spiro atoms. The lowest BCUT2D eigenvalue weighted by atomic mass is 10.2. The van der Waals surface area contributed by atoms with Crippen LogP contribution in [0.5, 0.6) is 0 Å². The fraction of sp³-hybridized carbons (Fsp3) is 0.333. The number of carbonyl (C=O) groups excluding carboxylic acids is 1. The van der Waals surface area contributed by atoms with Crippen molar-refractivity contribution in [3.63, 3.8) is 0 Å². The summed E-state index contributed by atoms with van der Waals surface area (Å²) in [6.07, 6.45) is 5.20. The molecule has 0 atom stereocenters. The van der Waals surface area contributed by atoms with Crippen LogP contribution >= 0.6 is 34.4 Å². The maximum absolute atomic E-state index is 11.1. The van der Waals surface area contributed by atoms with Crippen molar-refractivity contribution < 1.29 is 4.79 Å². The standard InChI is InChI=1S/C15H14N4OS3/c1-8(20)18-15-19-9(6-22-15)5-21-13-12-10-3-2-4-11(10)23-14(12)17-7-16-13/h6-7H,2-5H2,1H3,(H,18,19,20). The molecule has 3 heterocycles. The Morgan fingerprint density at radius 2 is 2.30 bits per heavy atom. The zero-order valence-corrected chi connectivity index (χ0v) is 14.9. The Labute approximate surface area is 145 Å². The summed E-state index contributed by atoms with van der Waals surface area (Å²) in [6.45, 7) is 1.49. The smallest absolute Gasteiger partial charge is 0.223 e. The summed E-state index contributed by atoms with van der Waals surface area (Å²) in [7, 11) is 0. The number of thiophene rings is 1. The van der Waals surface area contributed by atoms with Crippen LogP contribution in [0, 0.1) is 0 Å².